The first-order valence-corrected chi connectivity index (χ1v) is 7.20. The van der Waals surface area contributed by atoms with Gasteiger partial charge >= 0.3 is 0 Å². The lowest BCUT2D eigenvalue weighted by molar-refractivity contribution is 0.220. The minimum atomic E-state index is 0.864. The van der Waals surface area contributed by atoms with Gasteiger partial charge in [-0.2, -0.15) is 0 Å². The van der Waals surface area contributed by atoms with Crippen LogP contribution in [0, 0.1) is 0 Å². The van der Waals surface area contributed by atoms with Gasteiger partial charge in [-0.25, -0.2) is 0 Å². The van der Waals surface area contributed by atoms with Gasteiger partial charge in [-0.15, -0.1) is 0 Å². The number of unbranched alkanes of at least 4 members (excludes halogenated alkanes) is 1. The average Bonchev–Trinajstić information content (AvgIpc) is 2.93. The van der Waals surface area contributed by atoms with E-state index >= 15 is 0 Å². The molecule has 2 rings (SSSR count). The third-order valence-electron chi connectivity index (χ3n) is 3.84. The lowest BCUT2D eigenvalue weighted by atomic mass is 10.2. The van der Waals surface area contributed by atoms with Gasteiger partial charge in [0.25, 0.3) is 0 Å². The summed E-state index contributed by atoms with van der Waals surface area (Å²) < 4.78 is 0. The van der Waals surface area contributed by atoms with Crippen LogP contribution in [0.1, 0.15) is 52.4 Å². The smallest absolute Gasteiger partial charge is 0.0220 e. The predicted octanol–water partition coefficient (Wildman–Crippen LogP) is 2.98. The summed E-state index contributed by atoms with van der Waals surface area (Å²) >= 11 is 0. The van der Waals surface area contributed by atoms with Crippen LogP contribution in [0.15, 0.2) is 0 Å². The Kier molecular flexibility index (Phi) is 7.06. The fourth-order valence-electron chi connectivity index (χ4n) is 2.47. The van der Waals surface area contributed by atoms with Gasteiger partial charge < -0.3 is 9.80 Å². The molecule has 1 unspecified atom stereocenters. The summed E-state index contributed by atoms with van der Waals surface area (Å²) in [6.07, 6.45) is 8.33. The zero-order chi connectivity index (χ0) is 11.8. The summed E-state index contributed by atoms with van der Waals surface area (Å²) in [5.41, 5.74) is 0. The molecule has 16 heavy (non-hydrogen) atoms. The quantitative estimate of drug-likeness (QED) is 0.730. The van der Waals surface area contributed by atoms with Crippen LogP contribution in [-0.2, 0) is 0 Å². The molecule has 0 aromatic rings. The van der Waals surface area contributed by atoms with Gasteiger partial charge in [0.1, 0.15) is 0 Å². The van der Waals surface area contributed by atoms with Crippen molar-refractivity contribution in [2.45, 2.75) is 58.4 Å². The third-order valence-corrected chi connectivity index (χ3v) is 3.84. The molecule has 0 spiro atoms. The Bertz CT molecular complexity index is 162. The van der Waals surface area contributed by atoms with Crippen molar-refractivity contribution in [1.82, 2.24) is 9.80 Å². The van der Waals surface area contributed by atoms with Gasteiger partial charge in [0.2, 0.25) is 0 Å². The molecule has 2 aliphatic rings. The second kappa shape index (κ2) is 8.08. The highest BCUT2D eigenvalue weighted by Gasteiger charge is 2.24. The Morgan fingerprint density at radius 3 is 2.00 bits per heavy atom. The molecular formula is C14H30N2. The van der Waals surface area contributed by atoms with Crippen molar-refractivity contribution < 1.29 is 0 Å². The van der Waals surface area contributed by atoms with Crippen LogP contribution in [0.2, 0.25) is 0 Å². The maximum Gasteiger partial charge on any atom is 0.0220 e. The topological polar surface area (TPSA) is 6.48 Å². The highest BCUT2D eigenvalue weighted by atomic mass is 15.2. The van der Waals surface area contributed by atoms with E-state index in [0.717, 1.165) is 6.04 Å². The van der Waals surface area contributed by atoms with Gasteiger partial charge in [-0.1, -0.05) is 26.7 Å². The predicted molar refractivity (Wildman–Crippen MR) is 71.9 cm³/mol. The van der Waals surface area contributed by atoms with Crippen molar-refractivity contribution in [2.75, 3.05) is 33.2 Å². The molecule has 0 aliphatic carbocycles. The molecule has 2 heteroatoms. The first-order chi connectivity index (χ1) is 7.77. The molecule has 2 saturated heterocycles. The first kappa shape index (κ1) is 14.0. The molecular weight excluding hydrogens is 196 g/mol. The number of hydrogen-bond acceptors (Lipinski definition) is 2. The number of likely N-dealkylation sites (tertiary alicyclic amines) is 2. The van der Waals surface area contributed by atoms with E-state index in [1.165, 1.54) is 64.7 Å². The second-order valence-electron chi connectivity index (χ2n) is 5.28. The summed E-state index contributed by atoms with van der Waals surface area (Å²) in [5.74, 6) is 0. The van der Waals surface area contributed by atoms with Crippen LogP contribution >= 0.6 is 0 Å². The van der Waals surface area contributed by atoms with Crippen molar-refractivity contribution in [3.8, 4) is 0 Å². The molecule has 0 bridgehead atoms. The molecule has 0 aromatic heterocycles. The van der Waals surface area contributed by atoms with Gasteiger partial charge in [0.15, 0.2) is 0 Å². The van der Waals surface area contributed by atoms with Gasteiger partial charge in [-0.3, -0.25) is 0 Å². The normalized spacial score (nSPS) is 26.8. The zero-order valence-electron chi connectivity index (χ0n) is 11.5. The Balaban J connectivity index is 0.000000280. The molecule has 2 fully saturated rings. The third kappa shape index (κ3) is 4.84. The number of likely N-dealkylation sites (N-methyl/N-ethyl adjacent to an activating group) is 1. The SMILES string of the molecule is CCCC.CN1CCCC1CN1CCCC1. The van der Waals surface area contributed by atoms with Crippen molar-refractivity contribution >= 4 is 0 Å². The van der Waals surface area contributed by atoms with E-state index in [0.29, 0.717) is 0 Å². The summed E-state index contributed by atoms with van der Waals surface area (Å²) in [4.78, 5) is 5.16. The largest absolute Gasteiger partial charge is 0.302 e. The summed E-state index contributed by atoms with van der Waals surface area (Å²) in [5, 5.41) is 0. The van der Waals surface area contributed by atoms with E-state index < -0.39 is 0 Å². The summed E-state index contributed by atoms with van der Waals surface area (Å²) in [6.45, 7) is 9.71. The van der Waals surface area contributed by atoms with Gasteiger partial charge in [0.05, 0.1) is 0 Å². The lowest BCUT2D eigenvalue weighted by Gasteiger charge is -2.24. The minimum Gasteiger partial charge on any atom is -0.302 e. The van der Waals surface area contributed by atoms with E-state index in [-0.39, 0.29) is 0 Å². The fraction of sp³-hybridized carbons (Fsp3) is 1.00. The van der Waals surface area contributed by atoms with E-state index in [2.05, 4.69) is 30.7 Å². The molecule has 0 amide bonds. The summed E-state index contributed by atoms with van der Waals surface area (Å²) in [6, 6.07) is 0.864. The highest BCUT2D eigenvalue weighted by Crippen LogP contribution is 2.18. The fourth-order valence-corrected chi connectivity index (χ4v) is 2.47. The van der Waals surface area contributed by atoms with Crippen molar-refractivity contribution in [2.24, 2.45) is 0 Å². The molecule has 0 N–H and O–H groups in total. The average molecular weight is 226 g/mol. The minimum absolute atomic E-state index is 0.864. The first-order valence-electron chi connectivity index (χ1n) is 7.20. The highest BCUT2D eigenvalue weighted by molar-refractivity contribution is 4.81. The van der Waals surface area contributed by atoms with Crippen LogP contribution in [0.3, 0.4) is 0 Å². The maximum atomic E-state index is 2.63. The molecule has 0 saturated carbocycles. The Labute approximate surface area is 102 Å². The van der Waals surface area contributed by atoms with E-state index in [4.69, 9.17) is 0 Å². The molecule has 0 aromatic carbocycles. The maximum absolute atomic E-state index is 2.63. The van der Waals surface area contributed by atoms with Crippen LogP contribution in [0.25, 0.3) is 0 Å². The standard InChI is InChI=1S/C10H20N2.C4H10/c1-11-6-4-5-10(11)9-12-7-2-3-8-12;1-3-4-2/h10H,2-9H2,1H3;3-4H2,1-2H3. The van der Waals surface area contributed by atoms with Crippen molar-refractivity contribution in [3.05, 3.63) is 0 Å². The van der Waals surface area contributed by atoms with Crippen LogP contribution in [0.4, 0.5) is 0 Å². The molecule has 1 atom stereocenters. The molecule has 96 valence electrons. The Morgan fingerprint density at radius 2 is 1.56 bits per heavy atom. The molecule has 2 nitrogen and oxygen atoms in total. The van der Waals surface area contributed by atoms with Crippen LogP contribution < -0.4 is 0 Å². The van der Waals surface area contributed by atoms with Gasteiger partial charge in [-0.05, 0) is 52.4 Å². The Morgan fingerprint density at radius 1 is 0.938 bits per heavy atom. The molecule has 2 aliphatic heterocycles. The second-order valence-corrected chi connectivity index (χ2v) is 5.28. The summed E-state index contributed by atoms with van der Waals surface area (Å²) in [7, 11) is 2.27. The van der Waals surface area contributed by atoms with Crippen molar-refractivity contribution in [3.63, 3.8) is 0 Å². The van der Waals surface area contributed by atoms with Crippen molar-refractivity contribution in [1.29, 1.82) is 0 Å². The number of nitrogens with zero attached hydrogens (tertiary/aromatic N) is 2. The molecule has 2 heterocycles. The van der Waals surface area contributed by atoms with E-state index in [1.54, 1.807) is 0 Å². The zero-order valence-corrected chi connectivity index (χ0v) is 11.5. The van der Waals surface area contributed by atoms with E-state index in [1.807, 2.05) is 0 Å². The van der Waals surface area contributed by atoms with Crippen LogP contribution in [0.5, 0.6) is 0 Å². The Hall–Kier alpha value is -0.0800. The van der Waals surface area contributed by atoms with E-state index in [9.17, 15) is 0 Å². The van der Waals surface area contributed by atoms with Gasteiger partial charge in [0, 0.05) is 12.6 Å². The number of hydrogen-bond donors (Lipinski definition) is 0. The lowest BCUT2D eigenvalue weighted by Crippen LogP contribution is -2.37. The number of rotatable bonds is 3. The van der Waals surface area contributed by atoms with Crippen LogP contribution in [-0.4, -0.2) is 49.1 Å². The molecule has 0 radical (unpaired) electrons. The monoisotopic (exact) mass is 226 g/mol.